The van der Waals surface area contributed by atoms with Crippen molar-refractivity contribution in [3.8, 4) is 0 Å². The Balaban J connectivity index is 2.22. The van der Waals surface area contributed by atoms with Crippen LogP contribution in [0.3, 0.4) is 0 Å². The van der Waals surface area contributed by atoms with Gasteiger partial charge in [-0.1, -0.05) is 6.92 Å². The first-order valence-corrected chi connectivity index (χ1v) is 7.13. The van der Waals surface area contributed by atoms with Crippen molar-refractivity contribution in [2.45, 2.75) is 32.7 Å². The van der Waals surface area contributed by atoms with E-state index in [-0.39, 0.29) is 0 Å². The van der Waals surface area contributed by atoms with Gasteiger partial charge in [0.15, 0.2) is 0 Å². The highest BCUT2D eigenvalue weighted by Crippen LogP contribution is 2.23. The van der Waals surface area contributed by atoms with Crippen LogP contribution in [0.5, 0.6) is 0 Å². The number of hydrogen-bond donors (Lipinski definition) is 1. The normalized spacial score (nSPS) is 12.6. The fourth-order valence-electron chi connectivity index (χ4n) is 2.11. The lowest BCUT2D eigenvalue weighted by Crippen LogP contribution is -2.20. The Labute approximate surface area is 112 Å². The third-order valence-electron chi connectivity index (χ3n) is 3.09. The third kappa shape index (κ3) is 2.94. The van der Waals surface area contributed by atoms with Crippen LogP contribution in [0, 0.1) is 6.92 Å². The smallest absolute Gasteiger partial charge is 0.0947 e. The van der Waals surface area contributed by atoms with Crippen LogP contribution >= 0.6 is 11.3 Å². The van der Waals surface area contributed by atoms with Gasteiger partial charge in [0.2, 0.25) is 0 Å². The zero-order valence-corrected chi connectivity index (χ0v) is 11.9. The number of aromatic nitrogens is 2. The second kappa shape index (κ2) is 6.07. The van der Waals surface area contributed by atoms with E-state index in [2.05, 4.69) is 33.7 Å². The summed E-state index contributed by atoms with van der Waals surface area (Å²) < 4.78 is 0. The highest BCUT2D eigenvalue weighted by atomic mass is 32.1. The lowest BCUT2D eigenvalue weighted by Gasteiger charge is -2.18. The molecule has 0 saturated carbocycles. The number of thiazole rings is 1. The predicted octanol–water partition coefficient (Wildman–Crippen LogP) is 2.91. The number of nitrogens with one attached hydrogen (secondary N) is 1. The Morgan fingerprint density at radius 2 is 2.28 bits per heavy atom. The van der Waals surface area contributed by atoms with Gasteiger partial charge in [-0.15, -0.1) is 11.3 Å². The number of nitrogens with zero attached hydrogens (tertiary/aromatic N) is 2. The highest BCUT2D eigenvalue weighted by molar-refractivity contribution is 7.09. The van der Waals surface area contributed by atoms with E-state index in [4.69, 9.17) is 0 Å². The summed E-state index contributed by atoms with van der Waals surface area (Å²) in [6.07, 6.45) is 5.78. The Hall–Kier alpha value is -1.26. The number of hydrogen-bond acceptors (Lipinski definition) is 4. The van der Waals surface area contributed by atoms with Crippen LogP contribution in [0.2, 0.25) is 0 Å². The van der Waals surface area contributed by atoms with Crippen LogP contribution in [0.25, 0.3) is 0 Å². The van der Waals surface area contributed by atoms with Crippen LogP contribution in [-0.4, -0.2) is 17.0 Å². The molecule has 0 spiro atoms. The molecule has 0 bridgehead atoms. The van der Waals surface area contributed by atoms with Crippen molar-refractivity contribution in [3.63, 3.8) is 0 Å². The number of aryl methyl sites for hydroxylation is 2. The first kappa shape index (κ1) is 13.2. The van der Waals surface area contributed by atoms with E-state index >= 15 is 0 Å². The van der Waals surface area contributed by atoms with Gasteiger partial charge in [0.25, 0.3) is 0 Å². The molecule has 0 saturated heterocycles. The van der Waals surface area contributed by atoms with E-state index in [9.17, 15) is 0 Å². The average molecular weight is 261 g/mol. The van der Waals surface area contributed by atoms with E-state index in [0.717, 1.165) is 18.5 Å². The summed E-state index contributed by atoms with van der Waals surface area (Å²) in [5.41, 5.74) is 3.75. The Morgan fingerprint density at radius 3 is 2.89 bits per heavy atom. The zero-order valence-electron chi connectivity index (χ0n) is 11.1. The molecule has 2 aromatic heterocycles. The van der Waals surface area contributed by atoms with E-state index in [1.807, 2.05) is 26.4 Å². The summed E-state index contributed by atoms with van der Waals surface area (Å²) in [6.45, 7) is 4.21. The Bertz CT molecular complexity index is 507. The van der Waals surface area contributed by atoms with Crippen molar-refractivity contribution in [2.75, 3.05) is 7.05 Å². The minimum Gasteiger partial charge on any atom is -0.313 e. The number of rotatable bonds is 5. The molecule has 1 unspecified atom stereocenters. The van der Waals surface area contributed by atoms with Gasteiger partial charge < -0.3 is 5.32 Å². The largest absolute Gasteiger partial charge is 0.313 e. The molecular weight excluding hydrogens is 242 g/mol. The summed E-state index contributed by atoms with van der Waals surface area (Å²) >= 11 is 1.73. The van der Waals surface area contributed by atoms with Gasteiger partial charge >= 0.3 is 0 Å². The molecule has 0 aliphatic rings. The SMILES string of the molecule is CCc1cnccc1C(Cc1nc(C)cs1)NC. The molecule has 96 valence electrons. The number of likely N-dealkylation sites (N-methyl/N-ethyl adjacent to an activating group) is 1. The van der Waals surface area contributed by atoms with Crippen molar-refractivity contribution in [3.05, 3.63) is 45.7 Å². The van der Waals surface area contributed by atoms with E-state index in [1.54, 1.807) is 11.3 Å². The van der Waals surface area contributed by atoms with Crippen molar-refractivity contribution >= 4 is 11.3 Å². The van der Waals surface area contributed by atoms with Crippen LogP contribution in [-0.2, 0) is 12.8 Å². The van der Waals surface area contributed by atoms with Crippen molar-refractivity contribution in [2.24, 2.45) is 0 Å². The van der Waals surface area contributed by atoms with Gasteiger partial charge in [-0.3, -0.25) is 4.98 Å². The summed E-state index contributed by atoms with van der Waals surface area (Å²) in [5, 5.41) is 6.68. The van der Waals surface area contributed by atoms with Crippen molar-refractivity contribution in [1.82, 2.24) is 15.3 Å². The fourth-order valence-corrected chi connectivity index (χ4v) is 2.93. The molecule has 4 heteroatoms. The molecule has 0 amide bonds. The third-order valence-corrected chi connectivity index (χ3v) is 4.08. The first-order valence-electron chi connectivity index (χ1n) is 6.25. The first-order chi connectivity index (χ1) is 8.74. The predicted molar refractivity (Wildman–Crippen MR) is 76.0 cm³/mol. The fraction of sp³-hybridized carbons (Fsp3) is 0.429. The molecule has 2 heterocycles. The van der Waals surface area contributed by atoms with E-state index < -0.39 is 0 Å². The minimum atomic E-state index is 0.313. The molecule has 2 aromatic rings. The molecule has 3 nitrogen and oxygen atoms in total. The van der Waals surface area contributed by atoms with Crippen LogP contribution < -0.4 is 5.32 Å². The van der Waals surface area contributed by atoms with Gasteiger partial charge in [-0.05, 0) is 37.6 Å². The standard InChI is InChI=1S/C14H19N3S/c1-4-11-8-16-6-5-12(11)13(15-3)7-14-17-10(2)9-18-14/h5-6,8-9,13,15H,4,7H2,1-3H3. The van der Waals surface area contributed by atoms with Gasteiger partial charge in [-0.25, -0.2) is 4.98 Å². The van der Waals surface area contributed by atoms with Gasteiger partial charge in [0, 0.05) is 35.9 Å². The summed E-state index contributed by atoms with van der Waals surface area (Å²) in [4.78, 5) is 8.75. The maximum Gasteiger partial charge on any atom is 0.0947 e. The molecule has 1 N–H and O–H groups in total. The average Bonchev–Trinajstić information content (AvgIpc) is 2.81. The van der Waals surface area contributed by atoms with Crippen LogP contribution in [0.15, 0.2) is 23.8 Å². The van der Waals surface area contributed by atoms with E-state index in [1.165, 1.54) is 16.1 Å². The molecule has 0 radical (unpaired) electrons. The van der Waals surface area contributed by atoms with Crippen LogP contribution in [0.4, 0.5) is 0 Å². The molecule has 2 rings (SSSR count). The zero-order chi connectivity index (χ0) is 13.0. The Morgan fingerprint density at radius 1 is 1.44 bits per heavy atom. The second-order valence-electron chi connectivity index (χ2n) is 4.36. The minimum absolute atomic E-state index is 0.313. The topological polar surface area (TPSA) is 37.8 Å². The molecule has 1 atom stereocenters. The molecule has 0 aliphatic heterocycles. The lowest BCUT2D eigenvalue weighted by molar-refractivity contribution is 0.584. The Kier molecular flexibility index (Phi) is 4.44. The molecular formula is C14H19N3S. The van der Waals surface area contributed by atoms with Crippen LogP contribution in [0.1, 0.15) is 34.8 Å². The maximum absolute atomic E-state index is 4.54. The van der Waals surface area contributed by atoms with Gasteiger partial charge in [0.05, 0.1) is 5.01 Å². The highest BCUT2D eigenvalue weighted by Gasteiger charge is 2.15. The molecule has 0 aliphatic carbocycles. The lowest BCUT2D eigenvalue weighted by atomic mass is 9.99. The van der Waals surface area contributed by atoms with Gasteiger partial charge in [0.1, 0.15) is 0 Å². The second-order valence-corrected chi connectivity index (χ2v) is 5.30. The van der Waals surface area contributed by atoms with E-state index in [0.29, 0.717) is 6.04 Å². The number of pyridine rings is 1. The monoisotopic (exact) mass is 261 g/mol. The molecule has 0 aromatic carbocycles. The van der Waals surface area contributed by atoms with Gasteiger partial charge in [-0.2, -0.15) is 0 Å². The summed E-state index contributed by atoms with van der Waals surface area (Å²) in [5.74, 6) is 0. The molecule has 18 heavy (non-hydrogen) atoms. The van der Waals surface area contributed by atoms with Crippen molar-refractivity contribution < 1.29 is 0 Å². The summed E-state index contributed by atoms with van der Waals surface area (Å²) in [7, 11) is 2.00. The maximum atomic E-state index is 4.54. The quantitative estimate of drug-likeness (QED) is 0.899. The molecule has 0 fully saturated rings. The van der Waals surface area contributed by atoms with Crippen molar-refractivity contribution in [1.29, 1.82) is 0 Å². The summed E-state index contributed by atoms with van der Waals surface area (Å²) in [6, 6.07) is 2.42.